The fourth-order valence-electron chi connectivity index (χ4n) is 10.6. The van der Waals surface area contributed by atoms with E-state index in [9.17, 15) is 28.8 Å². The van der Waals surface area contributed by atoms with Crippen molar-refractivity contribution in [3.63, 3.8) is 0 Å². The second-order valence-electron chi connectivity index (χ2n) is 23.4. The lowest BCUT2D eigenvalue weighted by Crippen LogP contribution is -2.54. The van der Waals surface area contributed by atoms with Gasteiger partial charge in [-0.05, 0) is 231 Å². The SMILES string of the molecule is CC(C)(C)OC(=O)N1CCCC12CCNCC2.CC(C)(C)OC(=O)Nc1ccc(-c2ccccc2)cc1N.Nc1ccc(-c2ccccc2)cc1NC(=O)c1ccc(C(=O)N2CCC3(CCCN3)CC2)cc1.O=C(Cl)c1ccc(C(=O)Cl)cc1.[2HH]. The molecular formula is C66H80Cl2N8O8. The minimum absolute atomic E-state index is 0. The Morgan fingerprint density at radius 2 is 1.05 bits per heavy atom. The van der Waals surface area contributed by atoms with Crippen molar-refractivity contribution in [2.45, 2.75) is 115 Å². The van der Waals surface area contributed by atoms with Gasteiger partial charge in [0.2, 0.25) is 0 Å². The molecule has 0 aliphatic carbocycles. The van der Waals surface area contributed by atoms with Crippen LogP contribution in [0.3, 0.4) is 0 Å². The van der Waals surface area contributed by atoms with Gasteiger partial charge in [0.15, 0.2) is 0 Å². The molecule has 4 aliphatic heterocycles. The third-order valence-corrected chi connectivity index (χ3v) is 15.5. The molecule has 6 aromatic rings. The minimum Gasteiger partial charge on any atom is -0.444 e. The maximum Gasteiger partial charge on any atom is 0.412 e. The molecule has 4 aliphatic rings. The first-order valence-electron chi connectivity index (χ1n) is 28.5. The van der Waals surface area contributed by atoms with Crippen LogP contribution in [-0.2, 0) is 9.47 Å². The van der Waals surface area contributed by atoms with Crippen LogP contribution in [0.25, 0.3) is 22.3 Å². The number of rotatable bonds is 8. The summed E-state index contributed by atoms with van der Waals surface area (Å²) in [5, 5.41) is 11.5. The fraction of sp³-hybridized carbons (Fsp3) is 0.364. The summed E-state index contributed by atoms with van der Waals surface area (Å²) in [6.07, 6.45) is 8.16. The lowest BCUT2D eigenvalue weighted by atomic mass is 9.86. The smallest absolute Gasteiger partial charge is 0.412 e. The molecule has 16 nitrogen and oxygen atoms in total. The molecule has 4 heterocycles. The number of likely N-dealkylation sites (tertiary alicyclic amines) is 2. The number of benzene rings is 6. The van der Waals surface area contributed by atoms with Crippen LogP contribution in [0, 0.1) is 0 Å². The standard InChI is InChI=1S/C28H30N4O2.C17H20N2O2.C13H24N2O2.C8H4Cl2O2.H2/c29-24-12-11-23(20-5-2-1-3-6-20)19-25(24)31-26(33)21-7-9-22(10-8-21)27(34)32-17-14-28(15-18-32)13-4-16-30-28;1-17(2,3)21-16(20)19-15-10-9-13(11-14(15)18)12-7-5-4-6-8-12;1-12(2,3)17-11(16)15-10-4-5-13(15)6-8-14-9-7-13;9-7(11)5-1-2-6(4-3-5)8(10)12;/h1-3,5-12,19,30H,4,13-18,29H2,(H,31,33);4-11H,18H2,1-3H3,(H,19,20);14H,4-10H2,1-3H3;1-4H;1H/i;;;;1+1. The van der Waals surface area contributed by atoms with Crippen LogP contribution in [0.4, 0.5) is 32.3 Å². The number of piperidine rings is 2. The molecule has 0 saturated carbocycles. The Labute approximate surface area is 504 Å². The monoisotopic (exact) mass is 1180 g/mol. The van der Waals surface area contributed by atoms with E-state index in [4.69, 9.17) is 44.1 Å². The molecule has 0 atom stereocenters. The van der Waals surface area contributed by atoms with E-state index in [-0.39, 0.29) is 30.4 Å². The van der Waals surface area contributed by atoms with E-state index >= 15 is 0 Å². The number of halogens is 2. The van der Waals surface area contributed by atoms with Gasteiger partial charge in [-0.1, -0.05) is 72.8 Å². The molecule has 4 amide bonds. The molecule has 84 heavy (non-hydrogen) atoms. The average Bonchev–Trinajstić information content (AvgIpc) is 3.04. The summed E-state index contributed by atoms with van der Waals surface area (Å²) in [5.41, 5.74) is 19.5. The highest BCUT2D eigenvalue weighted by Crippen LogP contribution is 2.38. The minimum atomic E-state index is -0.552. The molecule has 4 saturated heterocycles. The van der Waals surface area contributed by atoms with Gasteiger partial charge < -0.3 is 46.7 Å². The van der Waals surface area contributed by atoms with Crippen molar-refractivity contribution in [1.82, 2.24) is 20.4 Å². The molecule has 2 spiro atoms. The van der Waals surface area contributed by atoms with E-state index in [2.05, 4.69) is 21.3 Å². The van der Waals surface area contributed by atoms with Crippen LogP contribution in [0.5, 0.6) is 0 Å². The molecule has 8 N–H and O–H groups in total. The van der Waals surface area contributed by atoms with Crippen molar-refractivity contribution in [3.8, 4) is 22.3 Å². The Morgan fingerprint density at radius 3 is 1.56 bits per heavy atom. The number of hydrogen-bond donors (Lipinski definition) is 6. The van der Waals surface area contributed by atoms with E-state index in [1.54, 1.807) is 36.4 Å². The van der Waals surface area contributed by atoms with Crippen LogP contribution >= 0.6 is 23.2 Å². The van der Waals surface area contributed by atoms with Crippen molar-refractivity contribution in [2.75, 3.05) is 61.4 Å². The van der Waals surface area contributed by atoms with Crippen LogP contribution in [0.15, 0.2) is 146 Å². The number of ether oxygens (including phenoxy) is 2. The van der Waals surface area contributed by atoms with Crippen LogP contribution in [-0.4, -0.2) is 106 Å². The highest BCUT2D eigenvalue weighted by molar-refractivity contribution is 6.68. The number of nitrogens with two attached hydrogens (primary N) is 2. The van der Waals surface area contributed by atoms with Gasteiger partial charge in [-0.15, -0.1) is 0 Å². The van der Waals surface area contributed by atoms with Crippen molar-refractivity contribution in [3.05, 3.63) is 168 Å². The molecular weight excluding hydrogens is 1100 g/mol. The molecule has 18 heteroatoms. The number of anilines is 4. The zero-order valence-corrected chi connectivity index (χ0v) is 50.3. The third kappa shape index (κ3) is 18.1. The van der Waals surface area contributed by atoms with Gasteiger partial charge in [-0.3, -0.25) is 24.5 Å². The first-order valence-corrected chi connectivity index (χ1v) is 29.2. The first kappa shape index (κ1) is 63.8. The van der Waals surface area contributed by atoms with Crippen LogP contribution in [0.2, 0.25) is 0 Å². The maximum atomic E-state index is 13.0. The highest BCUT2D eigenvalue weighted by atomic mass is 35.5. The van der Waals surface area contributed by atoms with Crippen molar-refractivity contribution >= 4 is 80.4 Å². The second kappa shape index (κ2) is 28.7. The summed E-state index contributed by atoms with van der Waals surface area (Å²) in [7, 11) is 0. The Bertz CT molecular complexity index is 3190. The van der Waals surface area contributed by atoms with E-state index in [1.165, 1.54) is 37.1 Å². The molecule has 10 rings (SSSR count). The molecule has 0 bridgehead atoms. The zero-order valence-electron chi connectivity index (χ0n) is 48.8. The van der Waals surface area contributed by atoms with E-state index in [1.807, 2.05) is 136 Å². The molecule has 4 fully saturated rings. The van der Waals surface area contributed by atoms with E-state index in [0.29, 0.717) is 45.0 Å². The summed E-state index contributed by atoms with van der Waals surface area (Å²) < 4.78 is 10.7. The Kier molecular flexibility index (Phi) is 21.8. The Hall–Kier alpha value is -7.76. The second-order valence-corrected chi connectivity index (χ2v) is 24.1. The maximum absolute atomic E-state index is 13.0. The van der Waals surface area contributed by atoms with Gasteiger partial charge >= 0.3 is 12.2 Å². The van der Waals surface area contributed by atoms with Gasteiger partial charge in [-0.25, -0.2) is 9.59 Å². The van der Waals surface area contributed by atoms with Gasteiger partial charge in [-0.2, -0.15) is 0 Å². The van der Waals surface area contributed by atoms with Crippen molar-refractivity contribution in [1.29, 1.82) is 0 Å². The van der Waals surface area contributed by atoms with Crippen LogP contribution < -0.4 is 32.7 Å². The molecule has 6 aromatic carbocycles. The normalized spacial score (nSPS) is 15.9. The molecule has 0 unspecified atom stereocenters. The lowest BCUT2D eigenvalue weighted by molar-refractivity contribution is 0.00197. The number of carbonyl (C=O) groups is 6. The summed E-state index contributed by atoms with van der Waals surface area (Å²) in [4.78, 5) is 74.9. The van der Waals surface area contributed by atoms with Crippen molar-refractivity contribution in [2.24, 2.45) is 0 Å². The Balaban J connectivity index is 0.000000195. The number of nitrogens with zero attached hydrogens (tertiary/aromatic N) is 2. The first-order chi connectivity index (χ1) is 39.9. The summed E-state index contributed by atoms with van der Waals surface area (Å²) in [5.74, 6) is -0.234. The highest BCUT2D eigenvalue weighted by Gasteiger charge is 2.45. The molecule has 0 aromatic heterocycles. The fourth-order valence-corrected chi connectivity index (χ4v) is 10.9. The average molecular weight is 1190 g/mol. The predicted octanol–water partition coefficient (Wildman–Crippen LogP) is 13.7. The number of nitrogens with one attached hydrogen (secondary N) is 4. The number of amides is 4. The van der Waals surface area contributed by atoms with Gasteiger partial charge in [0.25, 0.3) is 22.3 Å². The summed E-state index contributed by atoms with van der Waals surface area (Å²) >= 11 is 10.4. The lowest BCUT2D eigenvalue weighted by Gasteiger charge is -2.42. The number of carbonyl (C=O) groups excluding carboxylic acids is 6. The number of nitrogen functional groups attached to an aromatic ring is 2. The topological polar surface area (TPSA) is 228 Å². The predicted molar refractivity (Wildman–Crippen MR) is 338 cm³/mol. The summed E-state index contributed by atoms with van der Waals surface area (Å²) in [6.45, 7) is 16.7. The third-order valence-electron chi connectivity index (χ3n) is 15.0. The molecule has 446 valence electrons. The van der Waals surface area contributed by atoms with Gasteiger partial charge in [0, 0.05) is 54.4 Å². The van der Waals surface area contributed by atoms with E-state index in [0.717, 1.165) is 100 Å². The molecule has 0 radical (unpaired) electrons. The van der Waals surface area contributed by atoms with Gasteiger partial charge in [0.05, 0.1) is 22.7 Å². The largest absolute Gasteiger partial charge is 0.444 e. The van der Waals surface area contributed by atoms with Crippen LogP contribution in [0.1, 0.15) is 136 Å². The van der Waals surface area contributed by atoms with Crippen molar-refractivity contribution < 1.29 is 39.7 Å². The zero-order chi connectivity index (χ0) is 60.7. The van der Waals surface area contributed by atoms with E-state index < -0.39 is 27.8 Å². The quantitative estimate of drug-likeness (QED) is 0.0618. The Morgan fingerprint density at radius 1 is 0.524 bits per heavy atom. The summed E-state index contributed by atoms with van der Waals surface area (Å²) in [6, 6.07) is 43.7. The van der Waals surface area contributed by atoms with Gasteiger partial charge in [0.1, 0.15) is 11.2 Å². The number of hydrogen-bond acceptors (Lipinski definition) is 12.